The van der Waals surface area contributed by atoms with Crippen molar-refractivity contribution in [1.29, 1.82) is 5.26 Å². The largest absolute Gasteiger partial charge is 0.341 e. The fraction of sp³-hybridized carbons (Fsp3) is 0.0741. The average Bonchev–Trinajstić information content (AvgIpc) is 3.01. The maximum Gasteiger partial charge on any atom is 0.181 e. The summed E-state index contributed by atoms with van der Waals surface area (Å²) in [5.74, 6) is 0.430. The number of rotatable bonds is 4. The second-order valence-corrected chi connectivity index (χ2v) is 7.68. The Labute approximate surface area is 191 Å². The van der Waals surface area contributed by atoms with Gasteiger partial charge in [0.1, 0.15) is 0 Å². The van der Waals surface area contributed by atoms with Gasteiger partial charge in [-0.25, -0.2) is 0 Å². The molecule has 1 aliphatic heterocycles. The van der Waals surface area contributed by atoms with Crippen molar-refractivity contribution in [3.8, 4) is 17.3 Å². The predicted octanol–water partition coefficient (Wildman–Crippen LogP) is 4.42. The molecule has 4 aromatic rings. The van der Waals surface area contributed by atoms with E-state index in [2.05, 4.69) is 21.6 Å². The molecule has 2 heterocycles. The molecule has 0 saturated carbocycles. The molecule has 1 aromatic heterocycles. The number of fused-ring (bicyclic) bond motifs is 1. The first-order chi connectivity index (χ1) is 16.2. The molecule has 0 aliphatic carbocycles. The van der Waals surface area contributed by atoms with E-state index < -0.39 is 6.17 Å². The van der Waals surface area contributed by atoms with Crippen LogP contribution in [0.5, 0.6) is 0 Å². The SMILES string of the molecule is N#Cc1ccc(-c2ccc(NC3N=C(c4ccccc4)c4ccccc4CC3=O)nn2)cc1. The summed E-state index contributed by atoms with van der Waals surface area (Å²) in [6.45, 7) is 0. The fourth-order valence-electron chi connectivity index (χ4n) is 3.82. The fourth-order valence-corrected chi connectivity index (χ4v) is 3.82. The van der Waals surface area contributed by atoms with Gasteiger partial charge in [0.25, 0.3) is 0 Å². The number of nitrogens with one attached hydrogen (secondary N) is 1. The van der Waals surface area contributed by atoms with Crippen LogP contribution in [0.3, 0.4) is 0 Å². The molecule has 33 heavy (non-hydrogen) atoms. The number of nitriles is 1. The molecule has 5 rings (SSSR count). The molecular formula is C27H19N5O. The van der Waals surface area contributed by atoms with Gasteiger partial charge in [-0.05, 0) is 29.8 Å². The second kappa shape index (κ2) is 8.85. The van der Waals surface area contributed by atoms with E-state index in [9.17, 15) is 4.79 Å². The maximum absolute atomic E-state index is 13.1. The van der Waals surface area contributed by atoms with Gasteiger partial charge in [-0.15, -0.1) is 10.2 Å². The minimum Gasteiger partial charge on any atom is -0.341 e. The number of aliphatic imine (C=N–C) groups is 1. The van der Waals surface area contributed by atoms with Crippen LogP contribution in [0.1, 0.15) is 22.3 Å². The summed E-state index contributed by atoms with van der Waals surface area (Å²) < 4.78 is 0. The van der Waals surface area contributed by atoms with Gasteiger partial charge in [-0.3, -0.25) is 9.79 Å². The molecule has 1 unspecified atom stereocenters. The predicted molar refractivity (Wildman–Crippen MR) is 127 cm³/mol. The van der Waals surface area contributed by atoms with Gasteiger partial charge in [-0.1, -0.05) is 66.7 Å². The topological polar surface area (TPSA) is 91.0 Å². The summed E-state index contributed by atoms with van der Waals surface area (Å²) in [4.78, 5) is 17.9. The molecular weight excluding hydrogens is 410 g/mol. The van der Waals surface area contributed by atoms with Crippen molar-refractivity contribution in [2.45, 2.75) is 12.6 Å². The van der Waals surface area contributed by atoms with Gasteiger partial charge >= 0.3 is 0 Å². The van der Waals surface area contributed by atoms with Crippen molar-refractivity contribution in [1.82, 2.24) is 10.2 Å². The lowest BCUT2D eigenvalue weighted by atomic mass is 9.96. The molecule has 3 aromatic carbocycles. The molecule has 1 aliphatic rings. The highest BCUT2D eigenvalue weighted by molar-refractivity contribution is 6.16. The monoisotopic (exact) mass is 429 g/mol. The van der Waals surface area contributed by atoms with Gasteiger partial charge < -0.3 is 5.32 Å². The molecule has 0 saturated heterocycles. The lowest BCUT2D eigenvalue weighted by Gasteiger charge is -2.14. The summed E-state index contributed by atoms with van der Waals surface area (Å²) in [5, 5.41) is 20.6. The number of benzene rings is 3. The average molecular weight is 429 g/mol. The van der Waals surface area contributed by atoms with Gasteiger partial charge in [0.05, 0.1) is 23.0 Å². The van der Waals surface area contributed by atoms with E-state index >= 15 is 0 Å². The first-order valence-electron chi connectivity index (χ1n) is 10.6. The number of aromatic nitrogens is 2. The number of hydrogen-bond acceptors (Lipinski definition) is 6. The quantitative estimate of drug-likeness (QED) is 0.519. The van der Waals surface area contributed by atoms with Gasteiger partial charge in [0.15, 0.2) is 17.8 Å². The van der Waals surface area contributed by atoms with Crippen LogP contribution in [-0.4, -0.2) is 27.9 Å². The molecule has 1 N–H and O–H groups in total. The maximum atomic E-state index is 13.1. The Morgan fingerprint density at radius 3 is 2.30 bits per heavy atom. The Kier molecular flexibility index (Phi) is 5.44. The summed E-state index contributed by atoms with van der Waals surface area (Å²) in [7, 11) is 0. The van der Waals surface area contributed by atoms with E-state index in [0.717, 1.165) is 28.0 Å². The van der Waals surface area contributed by atoms with Crippen LogP contribution < -0.4 is 5.32 Å². The van der Waals surface area contributed by atoms with E-state index in [4.69, 9.17) is 10.3 Å². The lowest BCUT2D eigenvalue weighted by Crippen LogP contribution is -2.29. The van der Waals surface area contributed by atoms with Crippen molar-refractivity contribution < 1.29 is 4.79 Å². The Bertz CT molecular complexity index is 1370. The minimum atomic E-state index is -0.775. The third-order valence-corrected chi connectivity index (χ3v) is 5.51. The first-order valence-corrected chi connectivity index (χ1v) is 10.6. The number of anilines is 1. The highest BCUT2D eigenvalue weighted by Gasteiger charge is 2.26. The van der Waals surface area contributed by atoms with E-state index in [0.29, 0.717) is 17.1 Å². The zero-order valence-electron chi connectivity index (χ0n) is 17.6. The van der Waals surface area contributed by atoms with Crippen molar-refractivity contribution in [2.75, 3.05) is 5.32 Å². The molecule has 0 radical (unpaired) electrons. The van der Waals surface area contributed by atoms with Gasteiger partial charge in [0.2, 0.25) is 0 Å². The second-order valence-electron chi connectivity index (χ2n) is 7.68. The lowest BCUT2D eigenvalue weighted by molar-refractivity contribution is -0.118. The highest BCUT2D eigenvalue weighted by Crippen LogP contribution is 2.23. The van der Waals surface area contributed by atoms with E-state index in [1.165, 1.54) is 0 Å². The Balaban J connectivity index is 1.45. The third-order valence-electron chi connectivity index (χ3n) is 5.51. The summed E-state index contributed by atoms with van der Waals surface area (Å²) >= 11 is 0. The summed E-state index contributed by atoms with van der Waals surface area (Å²) in [6, 6.07) is 30.6. The summed E-state index contributed by atoms with van der Waals surface area (Å²) in [5.41, 5.74) is 5.77. The molecule has 0 fully saturated rings. The number of hydrogen-bond donors (Lipinski definition) is 1. The van der Waals surface area contributed by atoms with Crippen LogP contribution in [0.25, 0.3) is 11.3 Å². The minimum absolute atomic E-state index is 0.0358. The van der Waals surface area contributed by atoms with Crippen LogP contribution in [0.4, 0.5) is 5.82 Å². The van der Waals surface area contributed by atoms with Gasteiger partial charge in [-0.2, -0.15) is 5.26 Å². The molecule has 0 bridgehead atoms. The number of carbonyl (C=O) groups is 1. The number of Topliss-reactive ketones (excluding diaryl/α,β-unsaturated/α-hetero) is 1. The van der Waals surface area contributed by atoms with Crippen molar-refractivity contribution in [3.63, 3.8) is 0 Å². The van der Waals surface area contributed by atoms with Crippen LogP contribution in [0.15, 0.2) is 96.0 Å². The van der Waals surface area contributed by atoms with Crippen LogP contribution in [-0.2, 0) is 11.2 Å². The Morgan fingerprint density at radius 2 is 1.58 bits per heavy atom. The zero-order valence-corrected chi connectivity index (χ0v) is 17.6. The normalized spacial score (nSPS) is 15.1. The van der Waals surface area contributed by atoms with Gasteiger partial charge in [0, 0.05) is 23.1 Å². The van der Waals surface area contributed by atoms with Crippen LogP contribution >= 0.6 is 0 Å². The van der Waals surface area contributed by atoms with E-state index in [1.54, 1.807) is 18.2 Å². The molecule has 0 spiro atoms. The Morgan fingerprint density at radius 1 is 0.818 bits per heavy atom. The zero-order chi connectivity index (χ0) is 22.6. The standard InChI is InChI=1S/C27H19N5O/c28-17-18-10-12-19(13-11-18)23-14-15-25(32-31-23)29-27-24(33)16-21-8-4-5-9-22(21)26(30-27)20-6-2-1-3-7-20/h1-15,27H,16H2,(H,29,32). The van der Waals surface area contributed by atoms with Crippen molar-refractivity contribution in [2.24, 2.45) is 4.99 Å². The highest BCUT2D eigenvalue weighted by atomic mass is 16.1. The van der Waals surface area contributed by atoms with Crippen LogP contribution in [0, 0.1) is 11.3 Å². The molecule has 1 atom stereocenters. The molecule has 6 nitrogen and oxygen atoms in total. The summed E-state index contributed by atoms with van der Waals surface area (Å²) in [6.07, 6.45) is -0.493. The Hall–Kier alpha value is -4.63. The van der Waals surface area contributed by atoms with Crippen molar-refractivity contribution in [3.05, 3.63) is 113 Å². The molecule has 6 heteroatoms. The van der Waals surface area contributed by atoms with Crippen molar-refractivity contribution >= 4 is 17.3 Å². The number of nitrogens with zero attached hydrogens (tertiary/aromatic N) is 4. The molecule has 0 amide bonds. The van der Waals surface area contributed by atoms with E-state index in [1.807, 2.05) is 72.8 Å². The van der Waals surface area contributed by atoms with E-state index in [-0.39, 0.29) is 12.2 Å². The number of ketones is 1. The third kappa shape index (κ3) is 4.25. The number of carbonyl (C=O) groups excluding carboxylic acids is 1. The molecule has 158 valence electrons. The first kappa shape index (κ1) is 20.3. The smallest absolute Gasteiger partial charge is 0.181 e. The van der Waals surface area contributed by atoms with Crippen LogP contribution in [0.2, 0.25) is 0 Å².